The fourth-order valence-corrected chi connectivity index (χ4v) is 4.29. The molecule has 0 atom stereocenters. The van der Waals surface area contributed by atoms with Crippen LogP contribution in [0.5, 0.6) is 5.75 Å². The summed E-state index contributed by atoms with van der Waals surface area (Å²) in [5, 5.41) is 5.80. The molecular weight excluding hydrogens is 364 g/mol. The molecule has 0 bridgehead atoms. The summed E-state index contributed by atoms with van der Waals surface area (Å²) in [6.45, 7) is 0. The lowest BCUT2D eigenvalue weighted by Gasteiger charge is -2.03. The maximum absolute atomic E-state index is 12.3. The molecule has 1 amide bonds. The van der Waals surface area contributed by atoms with Gasteiger partial charge in [-0.25, -0.2) is 4.98 Å². The fraction of sp³-hybridized carbons (Fsp3) is 0.100. The molecule has 0 aliphatic carbocycles. The molecule has 0 saturated carbocycles. The van der Waals surface area contributed by atoms with E-state index in [1.807, 2.05) is 36.4 Å². The van der Waals surface area contributed by atoms with Crippen molar-refractivity contribution in [2.75, 3.05) is 18.2 Å². The van der Waals surface area contributed by atoms with E-state index in [4.69, 9.17) is 4.74 Å². The highest BCUT2D eigenvalue weighted by Crippen LogP contribution is 2.31. The van der Waals surface area contributed by atoms with Crippen molar-refractivity contribution in [3.8, 4) is 5.75 Å². The zero-order valence-corrected chi connectivity index (χ0v) is 15.7. The monoisotopic (exact) mass is 380 g/mol. The van der Waals surface area contributed by atoms with E-state index in [1.54, 1.807) is 7.11 Å². The van der Waals surface area contributed by atoms with Crippen LogP contribution in [0.1, 0.15) is 0 Å². The average Bonchev–Trinajstić information content (AvgIpc) is 3.09. The lowest BCUT2D eigenvalue weighted by Crippen LogP contribution is -2.13. The first kappa shape index (κ1) is 16.9. The Kier molecular flexibility index (Phi) is 4.77. The van der Waals surface area contributed by atoms with Crippen LogP contribution in [0.25, 0.3) is 21.0 Å². The molecule has 1 N–H and O–H groups in total. The zero-order valence-electron chi connectivity index (χ0n) is 14.1. The fourth-order valence-electron chi connectivity index (χ4n) is 2.69. The number of nitrogens with one attached hydrogen (secondary N) is 1. The van der Waals surface area contributed by atoms with E-state index >= 15 is 0 Å². The molecule has 0 fully saturated rings. The van der Waals surface area contributed by atoms with Crippen molar-refractivity contribution < 1.29 is 9.53 Å². The van der Waals surface area contributed by atoms with Gasteiger partial charge < -0.3 is 10.1 Å². The van der Waals surface area contributed by atoms with Gasteiger partial charge in [-0.1, -0.05) is 41.7 Å². The lowest BCUT2D eigenvalue weighted by molar-refractivity contribution is -0.113. The number of nitrogens with zero attached hydrogens (tertiary/aromatic N) is 1. The summed E-state index contributed by atoms with van der Waals surface area (Å²) >= 11 is 2.98. The molecule has 1 heterocycles. The number of benzene rings is 3. The summed E-state index contributed by atoms with van der Waals surface area (Å²) in [6, 6.07) is 19.9. The van der Waals surface area contributed by atoms with Crippen molar-refractivity contribution in [2.45, 2.75) is 4.90 Å². The maximum Gasteiger partial charge on any atom is 0.236 e. The first-order valence-electron chi connectivity index (χ1n) is 8.08. The van der Waals surface area contributed by atoms with Crippen LogP contribution < -0.4 is 10.1 Å². The minimum atomic E-state index is -0.0609. The standard InChI is InChI=1S/C20H16N2O2S2/c1-24-14-7-9-15(10-8-14)25-12-18(23)21-20-22-19-16-5-3-2-4-13(16)6-11-17(19)26-20/h2-11H,12H2,1H3,(H,21,22,23). The van der Waals surface area contributed by atoms with E-state index in [1.165, 1.54) is 23.1 Å². The molecule has 0 radical (unpaired) electrons. The van der Waals surface area contributed by atoms with Crippen LogP contribution in [0, 0.1) is 0 Å². The summed E-state index contributed by atoms with van der Waals surface area (Å²) in [5.74, 6) is 1.08. The lowest BCUT2D eigenvalue weighted by atomic mass is 10.1. The van der Waals surface area contributed by atoms with Crippen molar-refractivity contribution in [2.24, 2.45) is 0 Å². The number of carbonyl (C=O) groups excluding carboxylic acids is 1. The van der Waals surface area contributed by atoms with Gasteiger partial charge in [0.05, 0.1) is 23.1 Å². The number of fused-ring (bicyclic) bond motifs is 3. The van der Waals surface area contributed by atoms with E-state index in [0.717, 1.165) is 31.6 Å². The van der Waals surface area contributed by atoms with Crippen molar-refractivity contribution >= 4 is 55.1 Å². The number of hydrogen-bond acceptors (Lipinski definition) is 5. The number of anilines is 1. The Hall–Kier alpha value is -2.57. The number of thioether (sulfide) groups is 1. The molecule has 4 rings (SSSR count). The largest absolute Gasteiger partial charge is 0.497 e. The molecule has 130 valence electrons. The Morgan fingerprint density at radius 1 is 1.12 bits per heavy atom. The molecule has 4 aromatic rings. The topological polar surface area (TPSA) is 51.2 Å². The molecule has 4 nitrogen and oxygen atoms in total. The molecule has 0 aliphatic rings. The third-order valence-corrected chi connectivity index (χ3v) is 5.91. The summed E-state index contributed by atoms with van der Waals surface area (Å²) in [4.78, 5) is 17.9. The molecule has 1 aromatic heterocycles. The van der Waals surface area contributed by atoms with Gasteiger partial charge in [0.15, 0.2) is 5.13 Å². The molecule has 3 aromatic carbocycles. The van der Waals surface area contributed by atoms with Crippen LogP contribution in [-0.2, 0) is 4.79 Å². The van der Waals surface area contributed by atoms with Crippen LogP contribution in [0.2, 0.25) is 0 Å². The van der Waals surface area contributed by atoms with E-state index in [0.29, 0.717) is 10.9 Å². The molecule has 26 heavy (non-hydrogen) atoms. The normalized spacial score (nSPS) is 11.0. The highest BCUT2D eigenvalue weighted by molar-refractivity contribution is 8.00. The maximum atomic E-state index is 12.3. The highest BCUT2D eigenvalue weighted by Gasteiger charge is 2.10. The summed E-state index contributed by atoms with van der Waals surface area (Å²) in [5.41, 5.74) is 0.936. The van der Waals surface area contributed by atoms with Crippen LogP contribution in [0.15, 0.2) is 65.6 Å². The van der Waals surface area contributed by atoms with E-state index in [-0.39, 0.29) is 5.91 Å². The Bertz CT molecular complexity index is 1070. The van der Waals surface area contributed by atoms with E-state index < -0.39 is 0 Å². The number of amides is 1. The molecule has 0 spiro atoms. The minimum Gasteiger partial charge on any atom is -0.497 e. The van der Waals surface area contributed by atoms with Crippen molar-refractivity contribution in [1.82, 2.24) is 4.98 Å². The van der Waals surface area contributed by atoms with Crippen LogP contribution in [0.4, 0.5) is 5.13 Å². The third-order valence-electron chi connectivity index (χ3n) is 3.96. The SMILES string of the molecule is COc1ccc(SCC(=O)Nc2nc3c(ccc4ccccc43)s2)cc1. The summed E-state index contributed by atoms with van der Waals surface area (Å²) < 4.78 is 6.21. The van der Waals surface area contributed by atoms with Gasteiger partial charge in [-0.2, -0.15) is 0 Å². The Morgan fingerprint density at radius 2 is 1.92 bits per heavy atom. The molecule has 6 heteroatoms. The Balaban J connectivity index is 1.46. The number of hydrogen-bond donors (Lipinski definition) is 1. The van der Waals surface area contributed by atoms with Crippen molar-refractivity contribution in [1.29, 1.82) is 0 Å². The summed E-state index contributed by atoms with van der Waals surface area (Å²) in [7, 11) is 1.64. The Labute approximate surface area is 159 Å². The van der Waals surface area contributed by atoms with Gasteiger partial charge >= 0.3 is 0 Å². The molecule has 0 unspecified atom stereocenters. The van der Waals surface area contributed by atoms with Crippen LogP contribution >= 0.6 is 23.1 Å². The molecular formula is C20H16N2O2S2. The van der Waals surface area contributed by atoms with E-state index in [9.17, 15) is 4.79 Å². The van der Waals surface area contributed by atoms with Gasteiger partial charge in [0.25, 0.3) is 0 Å². The minimum absolute atomic E-state index is 0.0609. The highest BCUT2D eigenvalue weighted by atomic mass is 32.2. The van der Waals surface area contributed by atoms with E-state index in [2.05, 4.69) is 34.6 Å². The smallest absolute Gasteiger partial charge is 0.236 e. The number of thiazole rings is 1. The third kappa shape index (κ3) is 3.52. The van der Waals surface area contributed by atoms with Gasteiger partial charge in [0, 0.05) is 10.3 Å². The number of ether oxygens (including phenoxy) is 1. The van der Waals surface area contributed by atoms with Crippen molar-refractivity contribution in [3.63, 3.8) is 0 Å². The van der Waals surface area contributed by atoms with Gasteiger partial charge in [0.1, 0.15) is 5.75 Å². The summed E-state index contributed by atoms with van der Waals surface area (Å²) in [6.07, 6.45) is 0. The van der Waals surface area contributed by atoms with Crippen LogP contribution in [0.3, 0.4) is 0 Å². The number of carbonyl (C=O) groups is 1. The van der Waals surface area contributed by atoms with Crippen LogP contribution in [-0.4, -0.2) is 23.8 Å². The number of rotatable bonds is 5. The van der Waals surface area contributed by atoms with Crippen molar-refractivity contribution in [3.05, 3.63) is 60.7 Å². The first-order valence-corrected chi connectivity index (χ1v) is 9.88. The number of aromatic nitrogens is 1. The second-order valence-corrected chi connectivity index (χ2v) is 7.74. The second kappa shape index (κ2) is 7.35. The van der Waals surface area contributed by atoms with Gasteiger partial charge in [-0.05, 0) is 35.7 Å². The van der Waals surface area contributed by atoms with Gasteiger partial charge in [-0.15, -0.1) is 11.8 Å². The molecule has 0 saturated heterocycles. The quantitative estimate of drug-likeness (QED) is 0.484. The Morgan fingerprint density at radius 3 is 2.73 bits per heavy atom. The first-order chi connectivity index (χ1) is 12.7. The van der Waals surface area contributed by atoms with Gasteiger partial charge in [-0.3, -0.25) is 4.79 Å². The molecule has 0 aliphatic heterocycles. The average molecular weight is 380 g/mol. The second-order valence-electron chi connectivity index (χ2n) is 5.66. The van der Waals surface area contributed by atoms with Gasteiger partial charge in [0.2, 0.25) is 5.91 Å². The predicted octanol–water partition coefficient (Wildman–Crippen LogP) is 5.19. The zero-order chi connectivity index (χ0) is 17.9. The predicted molar refractivity (Wildman–Crippen MR) is 109 cm³/mol. The number of methoxy groups -OCH3 is 1.